The number of aliphatic hydroxyl groups excluding tert-OH is 1. The average molecular weight is 403 g/mol. The first-order chi connectivity index (χ1) is 14.2. The van der Waals surface area contributed by atoms with Crippen LogP contribution in [0.15, 0.2) is 54.6 Å². The number of rotatable bonds is 11. The van der Waals surface area contributed by atoms with Crippen molar-refractivity contribution < 1.29 is 29.1 Å². The normalized spacial score (nSPS) is 20.2. The molecule has 158 valence electrons. The van der Waals surface area contributed by atoms with E-state index in [1.807, 2.05) is 24.3 Å². The standard InChI is InChI=1S/C23H32N2O4/c1-27-22-8-5-9-23(16-22)29-15-14-28-19-21(26)18-25-12-10-24(11-13-25)17-20-6-3-2-4-7-20/h2-9,16,21,26H,10-15,17-19H2,1H3/p+2/t21-/m1/s1. The van der Waals surface area contributed by atoms with Gasteiger partial charge in [-0.2, -0.15) is 0 Å². The molecule has 0 spiro atoms. The van der Waals surface area contributed by atoms with Crippen molar-refractivity contribution in [3.8, 4) is 11.5 Å². The molecule has 0 bridgehead atoms. The summed E-state index contributed by atoms with van der Waals surface area (Å²) in [6.45, 7) is 7.58. The molecule has 0 radical (unpaired) electrons. The van der Waals surface area contributed by atoms with E-state index in [0.29, 0.717) is 19.8 Å². The van der Waals surface area contributed by atoms with Crippen molar-refractivity contribution in [2.45, 2.75) is 12.6 Å². The zero-order valence-corrected chi connectivity index (χ0v) is 17.3. The van der Waals surface area contributed by atoms with E-state index < -0.39 is 6.10 Å². The monoisotopic (exact) mass is 402 g/mol. The fourth-order valence-corrected chi connectivity index (χ4v) is 3.74. The third-order valence-electron chi connectivity index (χ3n) is 5.33. The Hall–Kier alpha value is -2.12. The molecule has 0 amide bonds. The first-order valence-corrected chi connectivity index (χ1v) is 10.5. The molecule has 3 rings (SSSR count). The van der Waals surface area contributed by atoms with Gasteiger partial charge in [0.1, 0.15) is 63.5 Å². The third-order valence-corrected chi connectivity index (χ3v) is 5.33. The molecule has 0 saturated carbocycles. The van der Waals surface area contributed by atoms with Gasteiger partial charge in [-0.25, -0.2) is 0 Å². The molecule has 2 aromatic rings. The Kier molecular flexibility index (Phi) is 8.77. The molecule has 29 heavy (non-hydrogen) atoms. The highest BCUT2D eigenvalue weighted by Crippen LogP contribution is 2.18. The van der Waals surface area contributed by atoms with Crippen LogP contribution in [0.4, 0.5) is 0 Å². The molecule has 1 aliphatic rings. The highest BCUT2D eigenvalue weighted by molar-refractivity contribution is 5.32. The number of benzene rings is 2. The Balaban J connectivity index is 1.25. The SMILES string of the molecule is COc1cccc(OCCOC[C@H](O)C[NH+]2CC[NH+](Cc3ccccc3)CC2)c1. The van der Waals surface area contributed by atoms with Gasteiger partial charge in [0.25, 0.3) is 0 Å². The minimum absolute atomic E-state index is 0.353. The summed E-state index contributed by atoms with van der Waals surface area (Å²) in [7, 11) is 1.63. The number of methoxy groups -OCH3 is 1. The molecular formula is C23H34N2O4+2. The van der Waals surface area contributed by atoms with Crippen LogP contribution in [0.5, 0.6) is 11.5 Å². The van der Waals surface area contributed by atoms with Crippen molar-refractivity contribution >= 4 is 0 Å². The maximum Gasteiger partial charge on any atom is 0.127 e. The van der Waals surface area contributed by atoms with Gasteiger partial charge >= 0.3 is 0 Å². The Morgan fingerprint density at radius 3 is 2.38 bits per heavy atom. The van der Waals surface area contributed by atoms with Crippen molar-refractivity contribution in [2.75, 3.05) is 59.7 Å². The molecular weight excluding hydrogens is 368 g/mol. The third kappa shape index (κ3) is 7.66. The number of nitrogens with one attached hydrogen (secondary N) is 2. The molecule has 0 unspecified atom stereocenters. The smallest absolute Gasteiger partial charge is 0.127 e. The topological polar surface area (TPSA) is 56.8 Å². The van der Waals surface area contributed by atoms with E-state index in [1.54, 1.807) is 12.0 Å². The predicted octanol–water partition coefficient (Wildman–Crippen LogP) is -0.565. The van der Waals surface area contributed by atoms with Gasteiger partial charge in [0.15, 0.2) is 0 Å². The molecule has 6 heteroatoms. The van der Waals surface area contributed by atoms with Crippen molar-refractivity contribution in [3.05, 3.63) is 60.2 Å². The first kappa shape index (κ1) is 21.6. The van der Waals surface area contributed by atoms with Crippen LogP contribution in [0, 0.1) is 0 Å². The van der Waals surface area contributed by atoms with Crippen LogP contribution >= 0.6 is 0 Å². The minimum atomic E-state index is -0.433. The van der Waals surface area contributed by atoms with Gasteiger partial charge in [-0.3, -0.25) is 0 Å². The zero-order chi connectivity index (χ0) is 20.3. The summed E-state index contributed by atoms with van der Waals surface area (Å²) in [5.74, 6) is 1.53. The van der Waals surface area contributed by atoms with E-state index >= 15 is 0 Å². The molecule has 0 aromatic heterocycles. The molecule has 1 atom stereocenters. The van der Waals surface area contributed by atoms with E-state index in [0.717, 1.165) is 50.8 Å². The Labute approximate surface area is 173 Å². The van der Waals surface area contributed by atoms with Gasteiger partial charge in [0.2, 0.25) is 0 Å². The van der Waals surface area contributed by atoms with Gasteiger partial charge < -0.3 is 29.1 Å². The second kappa shape index (κ2) is 11.8. The fourth-order valence-electron chi connectivity index (χ4n) is 3.74. The van der Waals surface area contributed by atoms with E-state index in [4.69, 9.17) is 14.2 Å². The zero-order valence-electron chi connectivity index (χ0n) is 17.3. The maximum absolute atomic E-state index is 10.3. The molecule has 0 aliphatic carbocycles. The first-order valence-electron chi connectivity index (χ1n) is 10.5. The van der Waals surface area contributed by atoms with Crippen molar-refractivity contribution in [1.29, 1.82) is 0 Å². The summed E-state index contributed by atoms with van der Waals surface area (Å²) in [4.78, 5) is 3.09. The molecule has 1 aliphatic heterocycles. The molecule has 1 heterocycles. The summed E-state index contributed by atoms with van der Waals surface area (Å²) >= 11 is 0. The van der Waals surface area contributed by atoms with Gasteiger partial charge in [0, 0.05) is 11.6 Å². The minimum Gasteiger partial charge on any atom is -0.497 e. The van der Waals surface area contributed by atoms with Gasteiger partial charge in [-0.15, -0.1) is 0 Å². The molecule has 3 N–H and O–H groups in total. The quantitative estimate of drug-likeness (QED) is 0.441. The van der Waals surface area contributed by atoms with Gasteiger partial charge in [-0.05, 0) is 12.1 Å². The van der Waals surface area contributed by atoms with Crippen LogP contribution in [0.25, 0.3) is 0 Å². The van der Waals surface area contributed by atoms with Crippen molar-refractivity contribution in [1.82, 2.24) is 0 Å². The number of aliphatic hydroxyl groups is 1. The lowest BCUT2D eigenvalue weighted by Gasteiger charge is -2.30. The second-order valence-electron chi connectivity index (χ2n) is 7.62. The van der Waals surface area contributed by atoms with Crippen LogP contribution in [-0.4, -0.2) is 70.9 Å². The van der Waals surface area contributed by atoms with Crippen LogP contribution in [0.1, 0.15) is 5.56 Å². The number of piperazine rings is 1. The van der Waals surface area contributed by atoms with Crippen LogP contribution in [0.3, 0.4) is 0 Å². The van der Waals surface area contributed by atoms with Gasteiger partial charge in [0.05, 0.1) is 20.3 Å². The van der Waals surface area contributed by atoms with Crippen molar-refractivity contribution in [3.63, 3.8) is 0 Å². The molecule has 2 aromatic carbocycles. The Bertz CT molecular complexity index is 705. The summed E-state index contributed by atoms with van der Waals surface area (Å²) in [5, 5.41) is 10.3. The predicted molar refractivity (Wildman–Crippen MR) is 112 cm³/mol. The Morgan fingerprint density at radius 2 is 1.62 bits per heavy atom. The van der Waals surface area contributed by atoms with Crippen LogP contribution in [-0.2, 0) is 11.3 Å². The lowest BCUT2D eigenvalue weighted by atomic mass is 10.2. The lowest BCUT2D eigenvalue weighted by molar-refractivity contribution is -1.02. The number of ether oxygens (including phenoxy) is 3. The van der Waals surface area contributed by atoms with E-state index in [1.165, 1.54) is 10.5 Å². The van der Waals surface area contributed by atoms with Crippen molar-refractivity contribution in [2.24, 2.45) is 0 Å². The molecule has 1 fully saturated rings. The fraction of sp³-hybridized carbons (Fsp3) is 0.478. The number of quaternary nitrogens is 2. The number of hydrogen-bond donors (Lipinski definition) is 3. The van der Waals surface area contributed by atoms with Crippen LogP contribution in [0.2, 0.25) is 0 Å². The highest BCUT2D eigenvalue weighted by atomic mass is 16.5. The van der Waals surface area contributed by atoms with E-state index in [2.05, 4.69) is 30.3 Å². The lowest BCUT2D eigenvalue weighted by Crippen LogP contribution is -3.28. The molecule has 6 nitrogen and oxygen atoms in total. The van der Waals surface area contributed by atoms with E-state index in [9.17, 15) is 5.11 Å². The maximum atomic E-state index is 10.3. The van der Waals surface area contributed by atoms with E-state index in [-0.39, 0.29) is 0 Å². The van der Waals surface area contributed by atoms with Gasteiger partial charge in [-0.1, -0.05) is 36.4 Å². The average Bonchev–Trinajstić information content (AvgIpc) is 2.76. The highest BCUT2D eigenvalue weighted by Gasteiger charge is 2.24. The largest absolute Gasteiger partial charge is 0.497 e. The summed E-state index contributed by atoms with van der Waals surface area (Å²) in [6.07, 6.45) is -0.433. The van der Waals surface area contributed by atoms with Crippen LogP contribution < -0.4 is 19.3 Å². The number of hydrogen-bond acceptors (Lipinski definition) is 4. The second-order valence-corrected chi connectivity index (χ2v) is 7.62. The Morgan fingerprint density at radius 1 is 0.897 bits per heavy atom. The summed E-state index contributed by atoms with van der Waals surface area (Å²) in [5.41, 5.74) is 1.40. The summed E-state index contributed by atoms with van der Waals surface area (Å²) in [6, 6.07) is 18.2. The summed E-state index contributed by atoms with van der Waals surface area (Å²) < 4.78 is 16.4. The molecule has 1 saturated heterocycles.